The molecule has 1 aliphatic carbocycles. The van der Waals surface area contributed by atoms with Crippen LogP contribution in [-0.4, -0.2) is 43.2 Å². The number of carbonyl (C=O) groups excluding carboxylic acids is 1. The van der Waals surface area contributed by atoms with Gasteiger partial charge in [-0.05, 0) is 26.7 Å². The molecule has 0 aromatic carbocycles. The van der Waals surface area contributed by atoms with E-state index in [-0.39, 0.29) is 18.4 Å². The molecule has 1 saturated carbocycles. The van der Waals surface area contributed by atoms with Crippen molar-refractivity contribution in [1.82, 2.24) is 15.5 Å². The van der Waals surface area contributed by atoms with Crippen LogP contribution in [0.2, 0.25) is 0 Å². The molecule has 1 aliphatic rings. The molecule has 114 valence electrons. The standard InChI is InChI=1S/C14H29N3O.ClH/c1-3-17(4-2)14(18)16-12-11-15-13-9-7-5-6-8-10-13;/h13,15H,3-12H2,1-2H3,(H,16,18);1H. The van der Waals surface area contributed by atoms with E-state index in [1.165, 1.54) is 38.5 Å². The molecule has 1 fully saturated rings. The van der Waals surface area contributed by atoms with Crippen LogP contribution in [0, 0.1) is 0 Å². The minimum Gasteiger partial charge on any atom is -0.337 e. The Hall–Kier alpha value is -0.480. The van der Waals surface area contributed by atoms with Gasteiger partial charge in [-0.2, -0.15) is 0 Å². The molecule has 4 nitrogen and oxygen atoms in total. The summed E-state index contributed by atoms with van der Waals surface area (Å²) < 4.78 is 0. The highest BCUT2D eigenvalue weighted by molar-refractivity contribution is 5.85. The van der Waals surface area contributed by atoms with Crippen LogP contribution in [0.3, 0.4) is 0 Å². The Bertz CT molecular complexity index is 227. The smallest absolute Gasteiger partial charge is 0.317 e. The minimum absolute atomic E-state index is 0. The van der Waals surface area contributed by atoms with Crippen molar-refractivity contribution in [3.8, 4) is 0 Å². The summed E-state index contributed by atoms with van der Waals surface area (Å²) >= 11 is 0. The maximum Gasteiger partial charge on any atom is 0.317 e. The number of hydrogen-bond donors (Lipinski definition) is 2. The first-order valence-electron chi connectivity index (χ1n) is 7.54. The van der Waals surface area contributed by atoms with Gasteiger partial charge in [-0.15, -0.1) is 12.4 Å². The Labute approximate surface area is 124 Å². The normalized spacial score (nSPS) is 16.3. The quantitative estimate of drug-likeness (QED) is 0.584. The molecule has 0 aromatic heterocycles. The molecule has 0 heterocycles. The predicted octanol–water partition coefficient (Wildman–Crippen LogP) is 2.77. The third-order valence-electron chi connectivity index (χ3n) is 3.74. The number of amides is 2. The lowest BCUT2D eigenvalue weighted by Crippen LogP contribution is -2.43. The molecule has 0 radical (unpaired) electrons. The molecule has 19 heavy (non-hydrogen) atoms. The molecular formula is C14H30ClN3O. The van der Waals surface area contributed by atoms with E-state index < -0.39 is 0 Å². The molecule has 1 rings (SSSR count). The molecule has 2 N–H and O–H groups in total. The van der Waals surface area contributed by atoms with E-state index in [1.54, 1.807) is 0 Å². The number of urea groups is 1. The van der Waals surface area contributed by atoms with Crippen molar-refractivity contribution in [3.05, 3.63) is 0 Å². The van der Waals surface area contributed by atoms with Gasteiger partial charge in [0.15, 0.2) is 0 Å². The summed E-state index contributed by atoms with van der Waals surface area (Å²) in [6.45, 7) is 7.18. The second kappa shape index (κ2) is 11.4. The Morgan fingerprint density at radius 1 is 1.05 bits per heavy atom. The van der Waals surface area contributed by atoms with Crippen LogP contribution in [-0.2, 0) is 0 Å². The fraction of sp³-hybridized carbons (Fsp3) is 0.929. The average Bonchev–Trinajstić information content (AvgIpc) is 2.65. The largest absolute Gasteiger partial charge is 0.337 e. The van der Waals surface area contributed by atoms with Gasteiger partial charge < -0.3 is 15.5 Å². The van der Waals surface area contributed by atoms with Gasteiger partial charge in [0.25, 0.3) is 0 Å². The van der Waals surface area contributed by atoms with Crippen molar-refractivity contribution < 1.29 is 4.79 Å². The van der Waals surface area contributed by atoms with E-state index in [0.29, 0.717) is 6.04 Å². The van der Waals surface area contributed by atoms with Crippen LogP contribution in [0.4, 0.5) is 4.79 Å². The first-order valence-corrected chi connectivity index (χ1v) is 7.54. The summed E-state index contributed by atoms with van der Waals surface area (Å²) in [4.78, 5) is 13.5. The van der Waals surface area contributed by atoms with Crippen LogP contribution in [0.1, 0.15) is 52.4 Å². The van der Waals surface area contributed by atoms with Crippen LogP contribution in [0.15, 0.2) is 0 Å². The third-order valence-corrected chi connectivity index (χ3v) is 3.74. The SMILES string of the molecule is CCN(CC)C(=O)NCCNC1CCCCCC1.Cl. The predicted molar refractivity (Wildman–Crippen MR) is 83.1 cm³/mol. The van der Waals surface area contributed by atoms with Crippen LogP contribution in [0.5, 0.6) is 0 Å². The zero-order valence-electron chi connectivity index (χ0n) is 12.4. The summed E-state index contributed by atoms with van der Waals surface area (Å²) in [5.74, 6) is 0. The van der Waals surface area contributed by atoms with Gasteiger partial charge in [-0.3, -0.25) is 0 Å². The molecule has 5 heteroatoms. The lowest BCUT2D eigenvalue weighted by Gasteiger charge is -2.20. The van der Waals surface area contributed by atoms with E-state index in [0.717, 1.165) is 26.2 Å². The number of hydrogen-bond acceptors (Lipinski definition) is 2. The minimum atomic E-state index is 0. The summed E-state index contributed by atoms with van der Waals surface area (Å²) in [6, 6.07) is 0.723. The van der Waals surface area contributed by atoms with E-state index >= 15 is 0 Å². The van der Waals surface area contributed by atoms with Crippen LogP contribution < -0.4 is 10.6 Å². The summed E-state index contributed by atoms with van der Waals surface area (Å²) in [6.07, 6.45) is 8.06. The Balaban J connectivity index is 0.00000324. The van der Waals surface area contributed by atoms with Gasteiger partial charge >= 0.3 is 6.03 Å². The zero-order valence-corrected chi connectivity index (χ0v) is 13.2. The molecule has 0 aliphatic heterocycles. The second-order valence-electron chi connectivity index (χ2n) is 5.05. The van der Waals surface area contributed by atoms with Gasteiger partial charge in [0.2, 0.25) is 0 Å². The first-order chi connectivity index (χ1) is 8.77. The van der Waals surface area contributed by atoms with Gasteiger partial charge in [-0.1, -0.05) is 25.7 Å². The van der Waals surface area contributed by atoms with Gasteiger partial charge in [0.05, 0.1) is 0 Å². The van der Waals surface area contributed by atoms with E-state index in [9.17, 15) is 4.79 Å². The number of nitrogens with one attached hydrogen (secondary N) is 2. The lowest BCUT2D eigenvalue weighted by molar-refractivity contribution is 0.203. The fourth-order valence-corrected chi connectivity index (χ4v) is 2.55. The van der Waals surface area contributed by atoms with Crippen molar-refractivity contribution >= 4 is 18.4 Å². The molecule has 2 amide bonds. The highest BCUT2D eigenvalue weighted by Crippen LogP contribution is 2.16. The maximum atomic E-state index is 11.7. The molecule has 0 atom stereocenters. The second-order valence-corrected chi connectivity index (χ2v) is 5.05. The molecular weight excluding hydrogens is 262 g/mol. The fourth-order valence-electron chi connectivity index (χ4n) is 2.55. The number of halogens is 1. The monoisotopic (exact) mass is 291 g/mol. The topological polar surface area (TPSA) is 44.4 Å². The Kier molecular flexibility index (Phi) is 11.1. The van der Waals surface area contributed by atoms with Crippen molar-refractivity contribution in [2.75, 3.05) is 26.2 Å². The maximum absolute atomic E-state index is 11.7. The van der Waals surface area contributed by atoms with Gasteiger partial charge in [0.1, 0.15) is 0 Å². The third kappa shape index (κ3) is 7.63. The Morgan fingerprint density at radius 2 is 1.63 bits per heavy atom. The van der Waals surface area contributed by atoms with Crippen LogP contribution in [0.25, 0.3) is 0 Å². The highest BCUT2D eigenvalue weighted by Gasteiger charge is 2.11. The van der Waals surface area contributed by atoms with Gasteiger partial charge in [0, 0.05) is 32.2 Å². The summed E-state index contributed by atoms with van der Waals surface area (Å²) in [7, 11) is 0. The lowest BCUT2D eigenvalue weighted by atomic mass is 10.1. The number of nitrogens with zero attached hydrogens (tertiary/aromatic N) is 1. The number of rotatable bonds is 6. The number of carbonyl (C=O) groups is 1. The molecule has 0 saturated heterocycles. The van der Waals surface area contributed by atoms with Crippen molar-refractivity contribution in [2.45, 2.75) is 58.4 Å². The van der Waals surface area contributed by atoms with Crippen LogP contribution >= 0.6 is 12.4 Å². The average molecular weight is 292 g/mol. The van der Waals surface area contributed by atoms with Crippen molar-refractivity contribution in [3.63, 3.8) is 0 Å². The molecule has 0 unspecified atom stereocenters. The van der Waals surface area contributed by atoms with E-state index in [4.69, 9.17) is 0 Å². The van der Waals surface area contributed by atoms with E-state index in [2.05, 4.69) is 10.6 Å². The zero-order chi connectivity index (χ0) is 13.2. The first kappa shape index (κ1) is 18.5. The van der Waals surface area contributed by atoms with Crippen molar-refractivity contribution in [1.29, 1.82) is 0 Å². The summed E-state index contributed by atoms with van der Waals surface area (Å²) in [5, 5.41) is 6.52. The van der Waals surface area contributed by atoms with Gasteiger partial charge in [-0.25, -0.2) is 4.79 Å². The molecule has 0 spiro atoms. The Morgan fingerprint density at radius 3 is 2.16 bits per heavy atom. The summed E-state index contributed by atoms with van der Waals surface area (Å²) in [5.41, 5.74) is 0. The molecule has 0 bridgehead atoms. The molecule has 0 aromatic rings. The van der Waals surface area contributed by atoms with Crippen molar-refractivity contribution in [2.24, 2.45) is 0 Å². The van der Waals surface area contributed by atoms with E-state index in [1.807, 2.05) is 18.7 Å². The highest BCUT2D eigenvalue weighted by atomic mass is 35.5.